The summed E-state index contributed by atoms with van der Waals surface area (Å²) in [6.07, 6.45) is 1.73. The van der Waals surface area contributed by atoms with Crippen molar-refractivity contribution in [3.63, 3.8) is 0 Å². The molecule has 0 aliphatic heterocycles. The minimum absolute atomic E-state index is 0.218. The average molecular weight is 146 g/mol. The minimum Gasteiger partial charge on any atom is -0.479 e. The predicted octanol–water partition coefficient (Wildman–Crippen LogP) is 1.60. The Labute approximate surface area is 59.0 Å². The third-order valence-electron chi connectivity index (χ3n) is 2.03. The fraction of sp³-hybridized carbons (Fsp3) is 0.857. The summed E-state index contributed by atoms with van der Waals surface area (Å²) in [5.41, 5.74) is 0. The molecule has 1 rings (SSSR count). The Bertz CT molecular complexity index is 132. The van der Waals surface area contributed by atoms with Crippen LogP contribution >= 0.6 is 0 Å². The third kappa shape index (κ3) is 1.69. The van der Waals surface area contributed by atoms with Crippen LogP contribution in [0.25, 0.3) is 0 Å². The number of carboxylic acid groups (broad SMARTS) is 1. The van der Waals surface area contributed by atoms with Crippen molar-refractivity contribution in [1.29, 1.82) is 0 Å². The highest BCUT2D eigenvalue weighted by Gasteiger charge is 2.25. The van der Waals surface area contributed by atoms with Crippen LogP contribution in [0.4, 0.5) is 4.39 Å². The number of alkyl halides is 1. The van der Waals surface area contributed by atoms with Gasteiger partial charge in [-0.1, -0.05) is 19.3 Å². The van der Waals surface area contributed by atoms with Crippen molar-refractivity contribution in [2.75, 3.05) is 0 Å². The molecule has 0 aromatic heterocycles. The van der Waals surface area contributed by atoms with E-state index in [1.165, 1.54) is 0 Å². The maximum Gasteiger partial charge on any atom is 0.338 e. The van der Waals surface area contributed by atoms with Crippen molar-refractivity contribution < 1.29 is 14.3 Å². The first-order valence-corrected chi connectivity index (χ1v) is 3.57. The van der Waals surface area contributed by atoms with Crippen LogP contribution in [0.2, 0.25) is 0 Å². The lowest BCUT2D eigenvalue weighted by molar-refractivity contribution is -0.143. The number of rotatable bonds is 3. The summed E-state index contributed by atoms with van der Waals surface area (Å²) < 4.78 is 12.4. The van der Waals surface area contributed by atoms with Gasteiger partial charge in [0.1, 0.15) is 0 Å². The highest BCUT2D eigenvalue weighted by Crippen LogP contribution is 2.31. The molecule has 58 valence electrons. The normalized spacial score (nSPS) is 21.7. The van der Waals surface area contributed by atoms with E-state index in [4.69, 9.17) is 5.11 Å². The zero-order chi connectivity index (χ0) is 7.56. The molecular weight excluding hydrogens is 135 g/mol. The Morgan fingerprint density at radius 1 is 1.70 bits per heavy atom. The Morgan fingerprint density at radius 3 is 2.60 bits per heavy atom. The standard InChI is InChI=1S/C7H11FO2/c8-6(7(9)10)4-5-2-1-3-5/h5-6H,1-4H2,(H,9,10)/t6-/m1/s1. The van der Waals surface area contributed by atoms with Gasteiger partial charge in [-0.15, -0.1) is 0 Å². The molecule has 1 aliphatic carbocycles. The average Bonchev–Trinajstić information content (AvgIpc) is 1.77. The van der Waals surface area contributed by atoms with Gasteiger partial charge in [0.15, 0.2) is 6.17 Å². The third-order valence-corrected chi connectivity index (χ3v) is 2.03. The van der Waals surface area contributed by atoms with Crippen LogP contribution in [0.5, 0.6) is 0 Å². The van der Waals surface area contributed by atoms with E-state index >= 15 is 0 Å². The maximum absolute atomic E-state index is 12.4. The molecule has 1 atom stereocenters. The minimum atomic E-state index is -1.63. The number of hydrogen-bond donors (Lipinski definition) is 1. The fourth-order valence-electron chi connectivity index (χ4n) is 1.12. The van der Waals surface area contributed by atoms with E-state index in [1.807, 2.05) is 0 Å². The van der Waals surface area contributed by atoms with Gasteiger partial charge in [0.2, 0.25) is 0 Å². The molecule has 0 aromatic carbocycles. The number of halogens is 1. The molecule has 1 N–H and O–H groups in total. The molecule has 1 aliphatic rings. The first-order chi connectivity index (χ1) is 4.70. The molecule has 0 radical (unpaired) electrons. The molecule has 0 spiro atoms. The molecule has 0 heterocycles. The van der Waals surface area contributed by atoms with Crippen LogP contribution in [0.15, 0.2) is 0 Å². The molecule has 0 amide bonds. The van der Waals surface area contributed by atoms with Crippen molar-refractivity contribution in [2.45, 2.75) is 31.9 Å². The number of carbonyl (C=O) groups is 1. The van der Waals surface area contributed by atoms with Gasteiger partial charge in [0.05, 0.1) is 0 Å². The van der Waals surface area contributed by atoms with Gasteiger partial charge in [0.25, 0.3) is 0 Å². The van der Waals surface area contributed by atoms with Crippen LogP contribution < -0.4 is 0 Å². The molecule has 1 fully saturated rings. The van der Waals surface area contributed by atoms with Gasteiger partial charge in [-0.2, -0.15) is 0 Å². The molecule has 3 heteroatoms. The molecule has 2 nitrogen and oxygen atoms in total. The van der Waals surface area contributed by atoms with Crippen LogP contribution in [0, 0.1) is 5.92 Å². The second kappa shape index (κ2) is 2.99. The zero-order valence-electron chi connectivity index (χ0n) is 5.72. The lowest BCUT2D eigenvalue weighted by Gasteiger charge is -2.25. The summed E-state index contributed by atoms with van der Waals surface area (Å²) in [7, 11) is 0. The van der Waals surface area contributed by atoms with Crippen LogP contribution in [0.1, 0.15) is 25.7 Å². The summed E-state index contributed by atoms with van der Waals surface area (Å²) in [6, 6.07) is 0. The Kier molecular flexibility index (Phi) is 2.25. The first kappa shape index (κ1) is 7.51. The molecule has 0 bridgehead atoms. The lowest BCUT2D eigenvalue weighted by Crippen LogP contribution is -2.22. The van der Waals surface area contributed by atoms with E-state index in [9.17, 15) is 9.18 Å². The first-order valence-electron chi connectivity index (χ1n) is 3.57. The van der Waals surface area contributed by atoms with E-state index in [-0.39, 0.29) is 6.42 Å². The monoisotopic (exact) mass is 146 g/mol. The van der Waals surface area contributed by atoms with Gasteiger partial charge in [-0.3, -0.25) is 0 Å². The van der Waals surface area contributed by atoms with Gasteiger partial charge < -0.3 is 5.11 Å². The summed E-state index contributed by atoms with van der Waals surface area (Å²) in [5.74, 6) is -0.974. The second-order valence-electron chi connectivity index (χ2n) is 2.84. The van der Waals surface area contributed by atoms with Gasteiger partial charge in [-0.25, -0.2) is 9.18 Å². The highest BCUT2D eigenvalue weighted by molar-refractivity contribution is 5.72. The SMILES string of the molecule is O=C(O)[C@H](F)CC1CCC1. The van der Waals surface area contributed by atoms with E-state index in [0.29, 0.717) is 5.92 Å². The Hall–Kier alpha value is -0.600. The van der Waals surface area contributed by atoms with Gasteiger partial charge in [0, 0.05) is 0 Å². The van der Waals surface area contributed by atoms with E-state index < -0.39 is 12.1 Å². The highest BCUT2D eigenvalue weighted by atomic mass is 19.1. The molecule has 0 aromatic rings. The summed E-state index contributed by atoms with van der Waals surface area (Å²) in [6.45, 7) is 0. The molecule has 0 saturated heterocycles. The second-order valence-corrected chi connectivity index (χ2v) is 2.84. The maximum atomic E-state index is 12.4. The van der Waals surface area contributed by atoms with Crippen molar-refractivity contribution in [3.8, 4) is 0 Å². The molecule has 0 unspecified atom stereocenters. The number of hydrogen-bond acceptors (Lipinski definition) is 1. The van der Waals surface area contributed by atoms with E-state index in [0.717, 1.165) is 19.3 Å². The lowest BCUT2D eigenvalue weighted by atomic mass is 9.82. The van der Waals surface area contributed by atoms with Crippen LogP contribution in [-0.2, 0) is 4.79 Å². The molecule has 1 saturated carbocycles. The summed E-state index contributed by atoms with van der Waals surface area (Å²) in [5, 5.41) is 8.18. The topological polar surface area (TPSA) is 37.3 Å². The van der Waals surface area contributed by atoms with E-state index in [1.54, 1.807) is 0 Å². The predicted molar refractivity (Wildman–Crippen MR) is 34.5 cm³/mol. The van der Waals surface area contributed by atoms with Crippen molar-refractivity contribution in [1.82, 2.24) is 0 Å². The van der Waals surface area contributed by atoms with Gasteiger partial charge in [-0.05, 0) is 12.3 Å². The largest absolute Gasteiger partial charge is 0.479 e. The number of carboxylic acids is 1. The fourth-order valence-corrected chi connectivity index (χ4v) is 1.12. The summed E-state index contributed by atoms with van der Waals surface area (Å²) >= 11 is 0. The van der Waals surface area contributed by atoms with E-state index in [2.05, 4.69) is 0 Å². The van der Waals surface area contributed by atoms with Crippen molar-refractivity contribution in [3.05, 3.63) is 0 Å². The number of aliphatic carboxylic acids is 1. The smallest absolute Gasteiger partial charge is 0.338 e. The quantitative estimate of drug-likeness (QED) is 0.656. The molecule has 10 heavy (non-hydrogen) atoms. The van der Waals surface area contributed by atoms with Crippen molar-refractivity contribution >= 4 is 5.97 Å². The zero-order valence-corrected chi connectivity index (χ0v) is 5.72. The van der Waals surface area contributed by atoms with Crippen LogP contribution in [-0.4, -0.2) is 17.2 Å². The van der Waals surface area contributed by atoms with Gasteiger partial charge >= 0.3 is 5.97 Å². The van der Waals surface area contributed by atoms with Crippen LogP contribution in [0.3, 0.4) is 0 Å². The summed E-state index contributed by atoms with van der Waals surface area (Å²) in [4.78, 5) is 10.00. The molecular formula is C7H11FO2. The Morgan fingerprint density at radius 2 is 2.30 bits per heavy atom. The Balaban J connectivity index is 2.16. The van der Waals surface area contributed by atoms with Crippen molar-refractivity contribution in [2.24, 2.45) is 5.92 Å².